The van der Waals surface area contributed by atoms with Crippen LogP contribution in [0.2, 0.25) is 0 Å². The van der Waals surface area contributed by atoms with E-state index >= 15 is 0 Å². The highest BCUT2D eigenvalue weighted by molar-refractivity contribution is 5.85. The molecule has 2 unspecified atom stereocenters. The predicted molar refractivity (Wildman–Crippen MR) is 89.6 cm³/mol. The molecule has 0 aliphatic carbocycles. The van der Waals surface area contributed by atoms with Gasteiger partial charge in [0.25, 0.3) is 0 Å². The Balaban J connectivity index is 0.00000220. The third-order valence-electron chi connectivity index (χ3n) is 4.27. The van der Waals surface area contributed by atoms with Gasteiger partial charge >= 0.3 is 0 Å². The summed E-state index contributed by atoms with van der Waals surface area (Å²) in [5, 5.41) is 0. The van der Waals surface area contributed by atoms with Gasteiger partial charge in [-0.05, 0) is 44.2 Å². The van der Waals surface area contributed by atoms with Gasteiger partial charge < -0.3 is 10.6 Å². The van der Waals surface area contributed by atoms with E-state index in [9.17, 15) is 4.79 Å². The summed E-state index contributed by atoms with van der Waals surface area (Å²) >= 11 is 0. The summed E-state index contributed by atoms with van der Waals surface area (Å²) in [6, 6.07) is 8.85. The van der Waals surface area contributed by atoms with Crippen LogP contribution in [0.25, 0.3) is 0 Å². The average molecular weight is 311 g/mol. The highest BCUT2D eigenvalue weighted by Crippen LogP contribution is 2.36. The zero-order chi connectivity index (χ0) is 14.5. The van der Waals surface area contributed by atoms with Gasteiger partial charge in [-0.15, -0.1) is 12.4 Å². The van der Waals surface area contributed by atoms with Crippen LogP contribution < -0.4 is 5.73 Å². The minimum Gasteiger partial charge on any atom is -0.335 e. The number of amides is 1. The molecule has 1 heterocycles. The van der Waals surface area contributed by atoms with Crippen molar-refractivity contribution in [2.75, 3.05) is 13.1 Å². The summed E-state index contributed by atoms with van der Waals surface area (Å²) in [6.45, 7) is 5.82. The van der Waals surface area contributed by atoms with Crippen LogP contribution in [0.5, 0.6) is 0 Å². The summed E-state index contributed by atoms with van der Waals surface area (Å²) < 4.78 is 0. The fourth-order valence-electron chi connectivity index (χ4n) is 3.14. The zero-order valence-electron chi connectivity index (χ0n) is 13.0. The first-order valence-corrected chi connectivity index (χ1v) is 7.69. The fraction of sp³-hybridized carbons (Fsp3) is 0.588. The number of likely N-dealkylation sites (tertiary alicyclic amines) is 1. The first kappa shape index (κ1) is 18.0. The number of benzene rings is 1. The number of nitrogens with zero attached hydrogens (tertiary/aromatic N) is 1. The van der Waals surface area contributed by atoms with E-state index in [2.05, 4.69) is 43.0 Å². The number of piperidine rings is 1. The Kier molecular flexibility index (Phi) is 7.20. The zero-order valence-corrected chi connectivity index (χ0v) is 13.9. The molecule has 2 atom stereocenters. The maximum absolute atomic E-state index is 12.4. The molecule has 2 rings (SSSR count). The Morgan fingerprint density at radius 2 is 2.00 bits per heavy atom. The molecular weight excluding hydrogens is 284 g/mol. The van der Waals surface area contributed by atoms with Crippen LogP contribution in [-0.2, 0) is 4.79 Å². The number of rotatable bonds is 4. The van der Waals surface area contributed by atoms with Crippen molar-refractivity contribution >= 4 is 18.3 Å². The Labute approximate surface area is 134 Å². The molecule has 0 bridgehead atoms. The number of hydrogen-bond acceptors (Lipinski definition) is 2. The van der Waals surface area contributed by atoms with Crippen LogP contribution in [-0.4, -0.2) is 23.9 Å². The number of hydrogen-bond donors (Lipinski definition) is 1. The molecule has 1 aromatic carbocycles. The maximum Gasteiger partial charge on any atom is 0.223 e. The van der Waals surface area contributed by atoms with Crippen LogP contribution in [0, 0.1) is 12.8 Å². The van der Waals surface area contributed by atoms with Crippen LogP contribution in [0.4, 0.5) is 0 Å². The number of carbonyl (C=O) groups is 1. The molecule has 4 heteroatoms. The van der Waals surface area contributed by atoms with Gasteiger partial charge in [-0.1, -0.05) is 36.8 Å². The molecule has 1 aliphatic rings. The van der Waals surface area contributed by atoms with Gasteiger partial charge in [-0.25, -0.2) is 0 Å². The average Bonchev–Trinajstić information content (AvgIpc) is 2.45. The first-order chi connectivity index (χ1) is 9.63. The molecule has 0 aromatic heterocycles. The molecule has 1 aliphatic heterocycles. The Morgan fingerprint density at radius 3 is 2.62 bits per heavy atom. The van der Waals surface area contributed by atoms with Gasteiger partial charge in [0.2, 0.25) is 5.91 Å². The second-order valence-electron chi connectivity index (χ2n) is 5.95. The van der Waals surface area contributed by atoms with E-state index in [4.69, 9.17) is 5.73 Å². The van der Waals surface area contributed by atoms with Crippen LogP contribution in [0.3, 0.4) is 0 Å². The molecular formula is C17H27ClN2O. The number of aryl methyl sites for hydroxylation is 1. The van der Waals surface area contributed by atoms with Crippen molar-refractivity contribution in [3.05, 3.63) is 35.4 Å². The van der Waals surface area contributed by atoms with E-state index < -0.39 is 0 Å². The molecule has 3 nitrogen and oxygen atoms in total. The van der Waals surface area contributed by atoms with E-state index in [1.807, 2.05) is 0 Å². The van der Waals surface area contributed by atoms with Crippen molar-refractivity contribution in [2.45, 2.75) is 45.6 Å². The predicted octanol–water partition coefficient (Wildman–Crippen LogP) is 3.46. The Hall–Kier alpha value is -1.06. The lowest BCUT2D eigenvalue weighted by Gasteiger charge is -2.40. The van der Waals surface area contributed by atoms with Crippen molar-refractivity contribution in [3.8, 4) is 0 Å². The fourth-order valence-corrected chi connectivity index (χ4v) is 3.14. The van der Waals surface area contributed by atoms with E-state index in [1.54, 1.807) is 0 Å². The molecule has 2 N–H and O–H groups in total. The highest BCUT2D eigenvalue weighted by Gasteiger charge is 2.32. The van der Waals surface area contributed by atoms with E-state index in [-0.39, 0.29) is 24.4 Å². The minimum atomic E-state index is 0. The summed E-state index contributed by atoms with van der Waals surface area (Å²) in [5.41, 5.74) is 8.06. The minimum absolute atomic E-state index is 0. The second-order valence-corrected chi connectivity index (χ2v) is 5.95. The lowest BCUT2D eigenvalue weighted by Crippen LogP contribution is -2.42. The second kappa shape index (κ2) is 8.40. The molecule has 1 fully saturated rings. The van der Waals surface area contributed by atoms with E-state index in [1.165, 1.54) is 17.5 Å². The highest BCUT2D eigenvalue weighted by atomic mass is 35.5. The normalized spacial score (nSPS) is 21.8. The SMILES string of the molecule is Cc1ccc(C2C(C)CCCN2C(=O)CCCN)cc1.Cl. The molecule has 0 saturated carbocycles. The van der Waals surface area contributed by atoms with Gasteiger partial charge in [0.15, 0.2) is 0 Å². The monoisotopic (exact) mass is 310 g/mol. The Morgan fingerprint density at radius 1 is 1.33 bits per heavy atom. The molecule has 118 valence electrons. The van der Waals surface area contributed by atoms with Crippen molar-refractivity contribution < 1.29 is 4.79 Å². The van der Waals surface area contributed by atoms with Crippen molar-refractivity contribution in [1.29, 1.82) is 0 Å². The third-order valence-corrected chi connectivity index (χ3v) is 4.27. The summed E-state index contributed by atoms with van der Waals surface area (Å²) in [7, 11) is 0. The van der Waals surface area contributed by atoms with Crippen molar-refractivity contribution in [1.82, 2.24) is 4.90 Å². The quantitative estimate of drug-likeness (QED) is 0.925. The molecule has 1 aromatic rings. The molecule has 1 saturated heterocycles. The van der Waals surface area contributed by atoms with E-state index in [0.717, 1.165) is 19.4 Å². The lowest BCUT2D eigenvalue weighted by molar-refractivity contribution is -0.136. The van der Waals surface area contributed by atoms with Crippen LogP contribution >= 0.6 is 12.4 Å². The summed E-state index contributed by atoms with van der Waals surface area (Å²) in [5.74, 6) is 0.779. The molecule has 0 spiro atoms. The largest absolute Gasteiger partial charge is 0.335 e. The van der Waals surface area contributed by atoms with Crippen LogP contribution in [0.1, 0.15) is 49.8 Å². The molecule has 0 radical (unpaired) electrons. The molecule has 21 heavy (non-hydrogen) atoms. The van der Waals surface area contributed by atoms with Crippen molar-refractivity contribution in [2.24, 2.45) is 11.7 Å². The maximum atomic E-state index is 12.4. The van der Waals surface area contributed by atoms with Gasteiger partial charge in [0.05, 0.1) is 6.04 Å². The summed E-state index contributed by atoms with van der Waals surface area (Å²) in [4.78, 5) is 14.5. The number of nitrogens with two attached hydrogens (primary N) is 1. The third kappa shape index (κ3) is 4.45. The van der Waals surface area contributed by atoms with Crippen molar-refractivity contribution in [3.63, 3.8) is 0 Å². The van der Waals surface area contributed by atoms with Gasteiger partial charge in [0, 0.05) is 13.0 Å². The lowest BCUT2D eigenvalue weighted by atomic mass is 9.85. The number of carbonyl (C=O) groups excluding carboxylic acids is 1. The summed E-state index contributed by atoms with van der Waals surface area (Å²) in [6.07, 6.45) is 3.66. The Bertz CT molecular complexity index is 447. The van der Waals surface area contributed by atoms with Crippen LogP contribution in [0.15, 0.2) is 24.3 Å². The standard InChI is InChI=1S/C17H26N2O.ClH/c1-13-7-9-15(10-8-13)17-14(2)5-4-12-19(17)16(20)6-3-11-18;/h7-10,14,17H,3-6,11-12,18H2,1-2H3;1H. The van der Waals surface area contributed by atoms with Gasteiger partial charge in [0.1, 0.15) is 0 Å². The van der Waals surface area contributed by atoms with Gasteiger partial charge in [-0.2, -0.15) is 0 Å². The van der Waals surface area contributed by atoms with Gasteiger partial charge in [-0.3, -0.25) is 4.79 Å². The molecule has 1 amide bonds. The topological polar surface area (TPSA) is 46.3 Å². The number of halogens is 1. The van der Waals surface area contributed by atoms with E-state index in [0.29, 0.717) is 18.9 Å². The smallest absolute Gasteiger partial charge is 0.223 e. The first-order valence-electron chi connectivity index (χ1n) is 7.69.